The Morgan fingerprint density at radius 3 is 2.47 bits per heavy atom. The first kappa shape index (κ1) is 11.8. The van der Waals surface area contributed by atoms with E-state index in [1.165, 1.54) is 6.20 Å². The molecule has 0 saturated heterocycles. The van der Waals surface area contributed by atoms with E-state index in [1.54, 1.807) is 23.0 Å². The molecule has 0 unspecified atom stereocenters. The van der Waals surface area contributed by atoms with Crippen molar-refractivity contribution >= 4 is 5.52 Å². The molecule has 0 aliphatic heterocycles. The average Bonchev–Trinajstić information content (AvgIpc) is 2.95. The second-order valence-electron chi connectivity index (χ2n) is 4.22. The van der Waals surface area contributed by atoms with E-state index in [4.69, 9.17) is 0 Å². The van der Waals surface area contributed by atoms with Crippen LogP contribution in [0.5, 0.6) is 0 Å². The largest absolute Gasteiger partial charge is 0.504 e. The standard InChI is InChI=1S/C12H9F3N4/c1-8-4-16-18-6-9(2-3-11(8)18)10-5-17-19(7-10)12(13,14)15/h2-7H,1H3. The summed E-state index contributed by atoms with van der Waals surface area (Å²) in [6, 6.07) is 3.57. The van der Waals surface area contributed by atoms with Crippen LogP contribution in [-0.2, 0) is 6.30 Å². The van der Waals surface area contributed by atoms with E-state index in [0.717, 1.165) is 17.3 Å². The highest BCUT2D eigenvalue weighted by atomic mass is 19.4. The molecule has 0 spiro atoms. The first-order chi connectivity index (χ1) is 8.95. The van der Waals surface area contributed by atoms with E-state index < -0.39 is 6.30 Å². The minimum atomic E-state index is -4.50. The van der Waals surface area contributed by atoms with E-state index in [-0.39, 0.29) is 4.68 Å². The van der Waals surface area contributed by atoms with Gasteiger partial charge in [-0.1, -0.05) is 6.07 Å². The zero-order chi connectivity index (χ0) is 13.6. The monoisotopic (exact) mass is 266 g/mol. The van der Waals surface area contributed by atoms with Gasteiger partial charge in [-0.2, -0.15) is 14.9 Å². The molecule has 3 heterocycles. The van der Waals surface area contributed by atoms with Crippen molar-refractivity contribution in [2.45, 2.75) is 13.2 Å². The molecule has 0 saturated carbocycles. The fourth-order valence-corrected chi connectivity index (χ4v) is 1.89. The summed E-state index contributed by atoms with van der Waals surface area (Å²) in [6.07, 6.45) is 1.03. The zero-order valence-corrected chi connectivity index (χ0v) is 9.89. The van der Waals surface area contributed by atoms with Gasteiger partial charge >= 0.3 is 6.30 Å². The maximum Gasteiger partial charge on any atom is 0.504 e. The number of aryl methyl sites for hydroxylation is 1. The van der Waals surface area contributed by atoms with E-state index in [0.29, 0.717) is 11.1 Å². The lowest BCUT2D eigenvalue weighted by atomic mass is 10.1. The van der Waals surface area contributed by atoms with Gasteiger partial charge < -0.3 is 0 Å². The fourth-order valence-electron chi connectivity index (χ4n) is 1.89. The lowest BCUT2D eigenvalue weighted by Gasteiger charge is -2.04. The summed E-state index contributed by atoms with van der Waals surface area (Å²) in [5, 5.41) is 7.44. The minimum Gasteiger partial charge on any atom is -0.240 e. The Hall–Kier alpha value is -2.31. The summed E-state index contributed by atoms with van der Waals surface area (Å²) in [5.74, 6) is 0. The molecule has 3 rings (SSSR count). The molecule has 4 nitrogen and oxygen atoms in total. The van der Waals surface area contributed by atoms with Crippen LogP contribution >= 0.6 is 0 Å². The van der Waals surface area contributed by atoms with Gasteiger partial charge in [0, 0.05) is 23.5 Å². The summed E-state index contributed by atoms with van der Waals surface area (Å²) < 4.78 is 39.0. The van der Waals surface area contributed by atoms with Gasteiger partial charge in [-0.15, -0.1) is 13.2 Å². The maximum atomic E-state index is 12.5. The van der Waals surface area contributed by atoms with Crippen LogP contribution in [0.4, 0.5) is 13.2 Å². The van der Waals surface area contributed by atoms with E-state index in [1.807, 2.05) is 13.0 Å². The number of pyridine rings is 1. The van der Waals surface area contributed by atoms with Crippen LogP contribution in [0.2, 0.25) is 0 Å². The molecule has 7 heteroatoms. The molecule has 0 atom stereocenters. The molecule has 3 aromatic rings. The summed E-state index contributed by atoms with van der Waals surface area (Å²) in [4.78, 5) is 0. The van der Waals surface area contributed by atoms with Gasteiger partial charge in [0.25, 0.3) is 0 Å². The van der Waals surface area contributed by atoms with Crippen molar-refractivity contribution in [3.05, 3.63) is 42.5 Å². The molecule has 0 amide bonds. The van der Waals surface area contributed by atoms with Gasteiger partial charge in [-0.05, 0) is 18.6 Å². The zero-order valence-electron chi connectivity index (χ0n) is 9.89. The van der Waals surface area contributed by atoms with Crippen LogP contribution in [0.3, 0.4) is 0 Å². The lowest BCUT2D eigenvalue weighted by molar-refractivity contribution is -0.212. The highest BCUT2D eigenvalue weighted by molar-refractivity contribution is 5.65. The van der Waals surface area contributed by atoms with Gasteiger partial charge in [0.2, 0.25) is 0 Å². The van der Waals surface area contributed by atoms with Crippen LogP contribution in [0.15, 0.2) is 36.9 Å². The number of rotatable bonds is 1. The second-order valence-corrected chi connectivity index (χ2v) is 4.22. The Kier molecular flexibility index (Phi) is 2.38. The molecule has 0 aliphatic rings. The van der Waals surface area contributed by atoms with Crippen molar-refractivity contribution in [3.8, 4) is 11.1 Å². The van der Waals surface area contributed by atoms with Crippen molar-refractivity contribution < 1.29 is 13.2 Å². The highest BCUT2D eigenvalue weighted by Crippen LogP contribution is 2.26. The Bertz CT molecular complexity index is 739. The molecule has 3 aromatic heterocycles. The molecule has 0 radical (unpaired) electrons. The molecule has 0 fully saturated rings. The molecule has 0 N–H and O–H groups in total. The van der Waals surface area contributed by atoms with Crippen molar-refractivity contribution in [2.24, 2.45) is 0 Å². The van der Waals surface area contributed by atoms with Gasteiger partial charge in [0.15, 0.2) is 0 Å². The Labute approximate surface area is 106 Å². The Morgan fingerprint density at radius 2 is 1.79 bits per heavy atom. The maximum absolute atomic E-state index is 12.5. The summed E-state index contributed by atoms with van der Waals surface area (Å²) in [6.45, 7) is 1.92. The Balaban J connectivity index is 2.06. The first-order valence-electron chi connectivity index (χ1n) is 5.51. The van der Waals surface area contributed by atoms with Crippen LogP contribution in [-0.4, -0.2) is 19.4 Å². The number of hydrogen-bond acceptors (Lipinski definition) is 2. The van der Waals surface area contributed by atoms with E-state index >= 15 is 0 Å². The smallest absolute Gasteiger partial charge is 0.240 e. The summed E-state index contributed by atoms with van der Waals surface area (Å²) >= 11 is 0. The molecule has 19 heavy (non-hydrogen) atoms. The average molecular weight is 266 g/mol. The fraction of sp³-hybridized carbons (Fsp3) is 0.167. The molecule has 0 aliphatic carbocycles. The van der Waals surface area contributed by atoms with Gasteiger partial charge in [0.05, 0.1) is 17.9 Å². The van der Waals surface area contributed by atoms with Gasteiger partial charge in [-0.25, -0.2) is 4.52 Å². The number of nitrogens with zero attached hydrogens (tertiary/aromatic N) is 4. The topological polar surface area (TPSA) is 35.1 Å². The number of aromatic nitrogens is 4. The third-order valence-electron chi connectivity index (χ3n) is 2.88. The third kappa shape index (κ3) is 1.96. The normalized spacial score (nSPS) is 12.2. The Morgan fingerprint density at radius 1 is 1.00 bits per heavy atom. The minimum absolute atomic E-state index is 0.0130. The highest BCUT2D eigenvalue weighted by Gasteiger charge is 2.31. The number of fused-ring (bicyclic) bond motifs is 1. The van der Waals surface area contributed by atoms with Crippen LogP contribution in [0.1, 0.15) is 5.56 Å². The van der Waals surface area contributed by atoms with E-state index in [2.05, 4.69) is 10.2 Å². The second kappa shape index (κ2) is 3.84. The number of hydrogen-bond donors (Lipinski definition) is 0. The number of alkyl halides is 3. The van der Waals surface area contributed by atoms with E-state index in [9.17, 15) is 13.2 Å². The third-order valence-corrected chi connectivity index (χ3v) is 2.88. The molecule has 0 bridgehead atoms. The predicted octanol–water partition coefficient (Wildman–Crippen LogP) is 2.98. The van der Waals surface area contributed by atoms with Crippen LogP contribution in [0, 0.1) is 6.92 Å². The van der Waals surface area contributed by atoms with Crippen molar-refractivity contribution in [1.82, 2.24) is 19.4 Å². The van der Waals surface area contributed by atoms with Crippen LogP contribution in [0.25, 0.3) is 16.6 Å². The van der Waals surface area contributed by atoms with Crippen molar-refractivity contribution in [3.63, 3.8) is 0 Å². The first-order valence-corrected chi connectivity index (χ1v) is 5.51. The summed E-state index contributed by atoms with van der Waals surface area (Å²) in [7, 11) is 0. The molecule has 98 valence electrons. The predicted molar refractivity (Wildman–Crippen MR) is 62.4 cm³/mol. The van der Waals surface area contributed by atoms with Crippen LogP contribution < -0.4 is 0 Å². The molecular weight excluding hydrogens is 257 g/mol. The van der Waals surface area contributed by atoms with Crippen molar-refractivity contribution in [2.75, 3.05) is 0 Å². The molecule has 0 aromatic carbocycles. The van der Waals surface area contributed by atoms with Gasteiger partial charge in [-0.3, -0.25) is 0 Å². The quantitative estimate of drug-likeness (QED) is 0.678. The molecular formula is C12H9F3N4. The van der Waals surface area contributed by atoms with Gasteiger partial charge in [0.1, 0.15) is 0 Å². The summed E-state index contributed by atoms with van der Waals surface area (Å²) in [5.41, 5.74) is 2.96. The lowest BCUT2D eigenvalue weighted by Crippen LogP contribution is -2.16. The number of halogens is 3. The SMILES string of the molecule is Cc1cnn2cc(-c3cnn(C(F)(F)F)c3)ccc12. The van der Waals surface area contributed by atoms with Crippen molar-refractivity contribution in [1.29, 1.82) is 0 Å².